The smallest absolute Gasteiger partial charge is 0.234 e. The molecule has 0 saturated heterocycles. The molecule has 0 saturated carbocycles. The summed E-state index contributed by atoms with van der Waals surface area (Å²) in [6, 6.07) is 11.8. The Kier molecular flexibility index (Phi) is 3.51. The van der Waals surface area contributed by atoms with Crippen LogP contribution in [0.15, 0.2) is 40.9 Å². The Labute approximate surface area is 108 Å². The van der Waals surface area contributed by atoms with Crippen molar-refractivity contribution in [1.82, 2.24) is 0 Å². The van der Waals surface area contributed by atoms with Crippen LogP contribution in [-0.4, -0.2) is 11.7 Å². The maximum atomic E-state index is 11.2. The molecule has 0 fully saturated rings. The average Bonchev–Trinajstić information content (AvgIpc) is 2.29. The number of anilines is 1. The van der Waals surface area contributed by atoms with Gasteiger partial charge in [-0.05, 0) is 35.0 Å². The van der Waals surface area contributed by atoms with Crippen molar-refractivity contribution in [2.75, 3.05) is 11.1 Å². The highest BCUT2D eigenvalue weighted by Crippen LogP contribution is 2.22. The number of fused-ring (bicyclic) bond motifs is 1. The van der Waals surface area contributed by atoms with Crippen molar-refractivity contribution >= 4 is 50.9 Å². The van der Waals surface area contributed by atoms with E-state index in [0.29, 0.717) is 0 Å². The van der Waals surface area contributed by atoms with Crippen molar-refractivity contribution in [2.45, 2.75) is 0 Å². The summed E-state index contributed by atoms with van der Waals surface area (Å²) in [6.45, 7) is 0. The molecule has 0 aromatic heterocycles. The summed E-state index contributed by atoms with van der Waals surface area (Å²) >= 11 is 7.34. The molecule has 0 spiro atoms. The average molecular weight is 296 g/mol. The molecular weight excluding hydrogens is 286 g/mol. The first-order valence-corrected chi connectivity index (χ1v) is 6.21. The first-order chi connectivity index (χ1) is 7.69. The molecule has 2 aromatic carbocycles. The summed E-state index contributed by atoms with van der Waals surface area (Å²) in [5.41, 5.74) is 0.800. The van der Waals surface area contributed by atoms with E-state index in [0.717, 1.165) is 20.9 Å². The Bertz CT molecular complexity index is 542. The molecule has 82 valence electrons. The van der Waals surface area contributed by atoms with Gasteiger partial charge in [-0.1, -0.05) is 28.1 Å². The second-order valence-electron chi connectivity index (χ2n) is 3.41. The van der Waals surface area contributed by atoms with Gasteiger partial charge in [0.25, 0.3) is 0 Å². The van der Waals surface area contributed by atoms with E-state index in [9.17, 15) is 4.79 Å². The van der Waals surface area contributed by atoms with E-state index in [-0.39, 0.29) is 11.7 Å². The zero-order chi connectivity index (χ0) is 11.5. The Morgan fingerprint density at radius 1 is 1.19 bits per heavy atom. The lowest BCUT2D eigenvalue weighted by Crippen LogP contribution is -2.12. The van der Waals surface area contributed by atoms with Gasteiger partial charge in [0.05, 0.1) is 5.75 Å². The van der Waals surface area contributed by atoms with Crippen LogP contribution in [0.5, 0.6) is 0 Å². The molecule has 0 heterocycles. The number of amides is 1. The van der Waals surface area contributed by atoms with Crippen LogP contribution in [0.1, 0.15) is 0 Å². The van der Waals surface area contributed by atoms with Gasteiger partial charge in [0, 0.05) is 10.2 Å². The SMILES string of the molecule is O=C(CS)Nc1ccc2cc(Br)ccc2c1. The quantitative estimate of drug-likeness (QED) is 0.816. The minimum absolute atomic E-state index is 0.0974. The number of thiol groups is 1. The first-order valence-electron chi connectivity index (χ1n) is 4.79. The van der Waals surface area contributed by atoms with Gasteiger partial charge in [0.2, 0.25) is 5.91 Å². The van der Waals surface area contributed by atoms with E-state index in [4.69, 9.17) is 0 Å². The molecule has 1 amide bonds. The molecule has 0 atom stereocenters. The largest absolute Gasteiger partial charge is 0.325 e. The van der Waals surface area contributed by atoms with E-state index in [2.05, 4.69) is 33.9 Å². The molecule has 1 N–H and O–H groups in total. The first kappa shape index (κ1) is 11.5. The predicted molar refractivity (Wildman–Crippen MR) is 74.1 cm³/mol. The summed E-state index contributed by atoms with van der Waals surface area (Å²) in [7, 11) is 0. The minimum Gasteiger partial charge on any atom is -0.325 e. The molecule has 0 unspecified atom stereocenters. The number of halogens is 1. The van der Waals surface area contributed by atoms with Crippen LogP contribution in [0.3, 0.4) is 0 Å². The van der Waals surface area contributed by atoms with Crippen LogP contribution in [0, 0.1) is 0 Å². The molecule has 2 rings (SSSR count). The van der Waals surface area contributed by atoms with Gasteiger partial charge in [0.1, 0.15) is 0 Å². The van der Waals surface area contributed by atoms with Crippen molar-refractivity contribution in [2.24, 2.45) is 0 Å². The lowest BCUT2D eigenvalue weighted by atomic mass is 10.1. The molecule has 16 heavy (non-hydrogen) atoms. The highest BCUT2D eigenvalue weighted by Gasteiger charge is 2.00. The molecule has 0 aliphatic carbocycles. The van der Waals surface area contributed by atoms with Gasteiger partial charge in [-0.25, -0.2) is 0 Å². The number of benzene rings is 2. The molecule has 0 aliphatic rings. The molecule has 0 bridgehead atoms. The molecule has 0 radical (unpaired) electrons. The van der Waals surface area contributed by atoms with Crippen LogP contribution in [0.25, 0.3) is 10.8 Å². The van der Waals surface area contributed by atoms with Gasteiger partial charge in [-0.15, -0.1) is 0 Å². The Morgan fingerprint density at radius 3 is 2.62 bits per heavy atom. The molecule has 2 aromatic rings. The van der Waals surface area contributed by atoms with Crippen LogP contribution in [0.2, 0.25) is 0 Å². The van der Waals surface area contributed by atoms with E-state index in [1.807, 2.05) is 36.4 Å². The fraction of sp³-hybridized carbons (Fsp3) is 0.0833. The lowest BCUT2D eigenvalue weighted by Gasteiger charge is -2.05. The Morgan fingerprint density at radius 2 is 1.88 bits per heavy atom. The number of rotatable bonds is 2. The second-order valence-corrected chi connectivity index (χ2v) is 4.64. The molecule has 0 aliphatic heterocycles. The van der Waals surface area contributed by atoms with Crippen LogP contribution < -0.4 is 5.32 Å². The maximum absolute atomic E-state index is 11.2. The van der Waals surface area contributed by atoms with E-state index in [1.165, 1.54) is 0 Å². The number of hydrogen-bond acceptors (Lipinski definition) is 2. The topological polar surface area (TPSA) is 29.1 Å². The summed E-state index contributed by atoms with van der Waals surface area (Å²) in [4.78, 5) is 11.2. The monoisotopic (exact) mass is 295 g/mol. The fourth-order valence-corrected chi connectivity index (χ4v) is 1.95. The zero-order valence-electron chi connectivity index (χ0n) is 8.40. The molecule has 4 heteroatoms. The number of nitrogens with one attached hydrogen (secondary N) is 1. The Hall–Kier alpha value is -1.00. The van der Waals surface area contributed by atoms with Gasteiger partial charge >= 0.3 is 0 Å². The minimum atomic E-state index is -0.0974. The van der Waals surface area contributed by atoms with Crippen molar-refractivity contribution < 1.29 is 4.79 Å². The van der Waals surface area contributed by atoms with E-state index in [1.54, 1.807) is 0 Å². The van der Waals surface area contributed by atoms with Crippen LogP contribution >= 0.6 is 28.6 Å². The summed E-state index contributed by atoms with van der Waals surface area (Å²) in [6.07, 6.45) is 0. The normalized spacial score (nSPS) is 10.4. The zero-order valence-corrected chi connectivity index (χ0v) is 10.9. The summed E-state index contributed by atoms with van der Waals surface area (Å²) in [5, 5.41) is 5.01. The standard InChI is InChI=1S/C12H10BrNOS/c13-10-3-1-9-6-11(14-12(15)7-16)4-2-8(9)5-10/h1-6,16H,7H2,(H,14,15). The third kappa shape index (κ3) is 2.57. The van der Waals surface area contributed by atoms with Crippen molar-refractivity contribution in [3.05, 3.63) is 40.9 Å². The van der Waals surface area contributed by atoms with E-state index < -0.39 is 0 Å². The van der Waals surface area contributed by atoms with Gasteiger partial charge in [-0.2, -0.15) is 12.6 Å². The van der Waals surface area contributed by atoms with E-state index >= 15 is 0 Å². The third-order valence-corrected chi connectivity index (χ3v) is 3.01. The highest BCUT2D eigenvalue weighted by molar-refractivity contribution is 9.10. The van der Waals surface area contributed by atoms with Gasteiger partial charge < -0.3 is 5.32 Å². The van der Waals surface area contributed by atoms with Gasteiger partial charge in [0.15, 0.2) is 0 Å². The van der Waals surface area contributed by atoms with Crippen LogP contribution in [0.4, 0.5) is 5.69 Å². The fourth-order valence-electron chi connectivity index (χ4n) is 1.49. The summed E-state index contributed by atoms with van der Waals surface area (Å²) in [5.74, 6) is 0.0954. The highest BCUT2D eigenvalue weighted by atomic mass is 79.9. The Balaban J connectivity index is 2.37. The lowest BCUT2D eigenvalue weighted by molar-refractivity contribution is -0.113. The third-order valence-electron chi connectivity index (χ3n) is 2.23. The van der Waals surface area contributed by atoms with Crippen molar-refractivity contribution in [1.29, 1.82) is 0 Å². The van der Waals surface area contributed by atoms with Crippen molar-refractivity contribution in [3.63, 3.8) is 0 Å². The maximum Gasteiger partial charge on any atom is 0.234 e. The summed E-state index contributed by atoms with van der Waals surface area (Å²) < 4.78 is 1.05. The molecule has 2 nitrogen and oxygen atoms in total. The van der Waals surface area contributed by atoms with Gasteiger partial charge in [-0.3, -0.25) is 4.79 Å². The van der Waals surface area contributed by atoms with Crippen LogP contribution in [-0.2, 0) is 4.79 Å². The predicted octanol–water partition coefficient (Wildman–Crippen LogP) is 3.47. The second kappa shape index (κ2) is 4.89. The van der Waals surface area contributed by atoms with Crippen molar-refractivity contribution in [3.8, 4) is 0 Å². The number of carbonyl (C=O) groups is 1. The number of hydrogen-bond donors (Lipinski definition) is 2. The molecular formula is C12H10BrNOS. The number of carbonyl (C=O) groups excluding carboxylic acids is 1.